The van der Waals surface area contributed by atoms with Crippen LogP contribution >= 0.6 is 0 Å². The molecule has 1 aliphatic rings. The van der Waals surface area contributed by atoms with E-state index in [4.69, 9.17) is 5.11 Å². The minimum atomic E-state index is -3.32. The largest absolute Gasteiger partial charge is 0.481 e. The lowest BCUT2D eigenvalue weighted by atomic mass is 10.2. The van der Waals surface area contributed by atoms with Crippen LogP contribution < -0.4 is 0 Å². The third kappa shape index (κ3) is 3.29. The van der Waals surface area contributed by atoms with E-state index in [1.54, 1.807) is 0 Å². The van der Waals surface area contributed by atoms with Crippen molar-refractivity contribution in [3.63, 3.8) is 0 Å². The molecule has 1 aromatic heterocycles. The van der Waals surface area contributed by atoms with Crippen LogP contribution in [-0.4, -0.2) is 64.4 Å². The maximum absolute atomic E-state index is 12.2. The van der Waals surface area contributed by atoms with Crippen LogP contribution in [0.25, 0.3) is 0 Å². The summed E-state index contributed by atoms with van der Waals surface area (Å²) in [7, 11) is -3.32. The van der Waals surface area contributed by atoms with E-state index in [2.05, 4.69) is 9.97 Å². The highest BCUT2D eigenvalue weighted by Gasteiger charge is 2.36. The maximum Gasteiger partial charge on any atom is 0.305 e. The van der Waals surface area contributed by atoms with Crippen LogP contribution in [0, 0.1) is 0 Å². The first kappa shape index (κ1) is 14.4. The zero-order valence-electron chi connectivity index (χ0n) is 10.5. The van der Waals surface area contributed by atoms with Crippen LogP contribution in [0.4, 0.5) is 0 Å². The lowest BCUT2D eigenvalue weighted by Gasteiger charge is -2.34. The fourth-order valence-corrected chi connectivity index (χ4v) is 3.61. The second-order valence-electron chi connectivity index (χ2n) is 4.46. The maximum atomic E-state index is 12.2. The Labute approximate surface area is 115 Å². The number of aromatic nitrogens is 2. The Bertz CT molecular complexity index is 616. The van der Waals surface area contributed by atoms with Gasteiger partial charge in [-0.3, -0.25) is 14.6 Å². The predicted molar refractivity (Wildman–Crippen MR) is 67.8 cm³/mol. The SMILES string of the molecule is O=C(O)CC1CS(=O)(=O)CCN1C(=O)c1cnccn1. The molecule has 1 aromatic rings. The summed E-state index contributed by atoms with van der Waals surface area (Å²) >= 11 is 0. The summed E-state index contributed by atoms with van der Waals surface area (Å²) in [6, 6.07) is -0.874. The van der Waals surface area contributed by atoms with Crippen LogP contribution in [0.5, 0.6) is 0 Å². The Hall–Kier alpha value is -2.03. The highest BCUT2D eigenvalue weighted by atomic mass is 32.2. The minimum Gasteiger partial charge on any atom is -0.481 e. The first-order chi connectivity index (χ1) is 9.39. The van der Waals surface area contributed by atoms with Crippen molar-refractivity contribution in [1.82, 2.24) is 14.9 Å². The number of aliphatic carboxylic acids is 1. The van der Waals surface area contributed by atoms with Crippen molar-refractivity contribution in [2.45, 2.75) is 12.5 Å². The Morgan fingerprint density at radius 1 is 1.40 bits per heavy atom. The Morgan fingerprint density at radius 3 is 2.75 bits per heavy atom. The topological polar surface area (TPSA) is 118 Å². The van der Waals surface area contributed by atoms with Gasteiger partial charge in [-0.15, -0.1) is 0 Å². The summed E-state index contributed by atoms with van der Waals surface area (Å²) in [4.78, 5) is 31.9. The summed E-state index contributed by atoms with van der Waals surface area (Å²) in [5, 5.41) is 8.85. The van der Waals surface area contributed by atoms with Gasteiger partial charge in [-0.05, 0) is 0 Å². The number of carboxylic acids is 1. The summed E-state index contributed by atoms with van der Waals surface area (Å²) in [6.45, 7) is -0.0321. The molecule has 2 heterocycles. The lowest BCUT2D eigenvalue weighted by molar-refractivity contribution is -0.138. The summed E-state index contributed by atoms with van der Waals surface area (Å²) in [5.41, 5.74) is 0.0715. The standard InChI is InChI=1S/C11H13N3O5S/c15-10(16)5-8-7-20(18,19)4-3-14(8)11(17)9-6-12-1-2-13-9/h1-2,6,8H,3-5,7H2,(H,15,16). The molecule has 1 fully saturated rings. The van der Waals surface area contributed by atoms with Crippen LogP contribution in [0.2, 0.25) is 0 Å². The molecule has 0 spiro atoms. The summed E-state index contributed by atoms with van der Waals surface area (Å²) in [6.07, 6.45) is 3.61. The molecule has 0 radical (unpaired) electrons. The smallest absolute Gasteiger partial charge is 0.305 e. The zero-order valence-corrected chi connectivity index (χ0v) is 11.3. The average Bonchev–Trinajstić information content (AvgIpc) is 2.37. The van der Waals surface area contributed by atoms with Crippen molar-refractivity contribution >= 4 is 21.7 Å². The van der Waals surface area contributed by atoms with Crippen LogP contribution in [0.1, 0.15) is 16.9 Å². The van der Waals surface area contributed by atoms with Crippen molar-refractivity contribution in [3.05, 3.63) is 24.3 Å². The molecule has 2 rings (SSSR count). The van der Waals surface area contributed by atoms with E-state index in [9.17, 15) is 18.0 Å². The van der Waals surface area contributed by atoms with Crippen LogP contribution in [-0.2, 0) is 14.6 Å². The molecular weight excluding hydrogens is 286 g/mol. The van der Waals surface area contributed by atoms with E-state index in [-0.39, 0.29) is 23.7 Å². The third-order valence-corrected chi connectivity index (χ3v) is 4.68. The van der Waals surface area contributed by atoms with Crippen molar-refractivity contribution in [2.75, 3.05) is 18.1 Å². The molecule has 0 bridgehead atoms. The number of hydrogen-bond acceptors (Lipinski definition) is 6. The van der Waals surface area contributed by atoms with Crippen molar-refractivity contribution in [1.29, 1.82) is 0 Å². The summed E-state index contributed by atoms with van der Waals surface area (Å²) < 4.78 is 23.2. The lowest BCUT2D eigenvalue weighted by Crippen LogP contribution is -2.52. The second kappa shape index (κ2) is 5.53. The summed E-state index contributed by atoms with van der Waals surface area (Å²) in [5.74, 6) is -2.16. The number of sulfone groups is 1. The Kier molecular flexibility index (Phi) is 3.98. The van der Waals surface area contributed by atoms with E-state index in [0.717, 1.165) is 0 Å². The quantitative estimate of drug-likeness (QED) is 0.775. The van der Waals surface area contributed by atoms with Gasteiger partial charge < -0.3 is 10.0 Å². The molecule has 1 unspecified atom stereocenters. The highest BCUT2D eigenvalue weighted by molar-refractivity contribution is 7.91. The number of hydrogen-bond donors (Lipinski definition) is 1. The van der Waals surface area contributed by atoms with Crippen molar-refractivity contribution < 1.29 is 23.1 Å². The van der Waals surface area contributed by atoms with Crippen molar-refractivity contribution in [3.8, 4) is 0 Å². The Balaban J connectivity index is 2.24. The molecule has 20 heavy (non-hydrogen) atoms. The van der Waals surface area contributed by atoms with E-state index in [0.29, 0.717) is 0 Å². The number of amides is 1. The molecule has 0 aromatic carbocycles. The zero-order chi connectivity index (χ0) is 14.8. The molecule has 0 saturated carbocycles. The van der Waals surface area contributed by atoms with E-state index < -0.39 is 34.2 Å². The molecule has 1 atom stereocenters. The molecule has 0 aliphatic carbocycles. The van der Waals surface area contributed by atoms with Crippen LogP contribution in [0.3, 0.4) is 0 Å². The molecule has 1 amide bonds. The first-order valence-corrected chi connectivity index (χ1v) is 7.70. The normalized spacial score (nSPS) is 21.4. The van der Waals surface area contributed by atoms with Gasteiger partial charge in [0.05, 0.1) is 30.2 Å². The van der Waals surface area contributed by atoms with Gasteiger partial charge in [0.1, 0.15) is 5.69 Å². The fourth-order valence-electron chi connectivity index (χ4n) is 2.08. The monoisotopic (exact) mass is 299 g/mol. The van der Waals surface area contributed by atoms with E-state index in [1.165, 1.54) is 23.5 Å². The number of nitrogens with zero attached hydrogens (tertiary/aromatic N) is 3. The molecule has 1 N–H and O–H groups in total. The van der Waals surface area contributed by atoms with Gasteiger partial charge in [0, 0.05) is 18.9 Å². The molecule has 1 saturated heterocycles. The van der Waals surface area contributed by atoms with Crippen LogP contribution in [0.15, 0.2) is 18.6 Å². The molecule has 9 heteroatoms. The van der Waals surface area contributed by atoms with Gasteiger partial charge in [-0.1, -0.05) is 0 Å². The number of carbonyl (C=O) groups excluding carboxylic acids is 1. The highest BCUT2D eigenvalue weighted by Crippen LogP contribution is 2.17. The van der Waals surface area contributed by atoms with E-state index in [1.807, 2.05) is 0 Å². The molecule has 1 aliphatic heterocycles. The van der Waals surface area contributed by atoms with Gasteiger partial charge >= 0.3 is 5.97 Å². The van der Waals surface area contributed by atoms with Gasteiger partial charge in [0.2, 0.25) is 0 Å². The first-order valence-electron chi connectivity index (χ1n) is 5.88. The predicted octanol–water partition coefficient (Wildman–Crippen LogP) is -0.809. The number of carbonyl (C=O) groups is 2. The van der Waals surface area contributed by atoms with Gasteiger partial charge in [-0.25, -0.2) is 13.4 Å². The molecule has 8 nitrogen and oxygen atoms in total. The van der Waals surface area contributed by atoms with Gasteiger partial charge in [-0.2, -0.15) is 0 Å². The van der Waals surface area contributed by atoms with Gasteiger partial charge in [0.15, 0.2) is 9.84 Å². The number of carboxylic acid groups (broad SMARTS) is 1. The van der Waals surface area contributed by atoms with E-state index >= 15 is 0 Å². The minimum absolute atomic E-state index is 0.0321. The van der Waals surface area contributed by atoms with Crippen molar-refractivity contribution in [2.24, 2.45) is 0 Å². The third-order valence-electron chi connectivity index (χ3n) is 2.98. The molecular formula is C11H13N3O5S. The Morgan fingerprint density at radius 2 is 2.15 bits per heavy atom. The van der Waals surface area contributed by atoms with Gasteiger partial charge in [0.25, 0.3) is 5.91 Å². The average molecular weight is 299 g/mol. The fraction of sp³-hybridized carbons (Fsp3) is 0.455. The molecule has 108 valence electrons. The second-order valence-corrected chi connectivity index (χ2v) is 6.68. The number of rotatable bonds is 3.